The third-order valence-corrected chi connectivity index (χ3v) is 4.71. The van der Waals surface area contributed by atoms with Gasteiger partial charge in [0.25, 0.3) is 5.82 Å². The fourth-order valence-corrected chi connectivity index (χ4v) is 3.14. The smallest absolute Gasteiger partial charge is 0.368 e. The number of amides is 1. The summed E-state index contributed by atoms with van der Waals surface area (Å²) in [6.45, 7) is 3.69. The molecule has 0 bridgehead atoms. The molecular formula is C16H21F3N6O. The standard InChI is InChI=1S/C16H21F3N6O/c1-9-10(2)14-22-23-15(16(17,18)19)25(14)24-13(9)20-8-7-12(26)21-11-5-3-4-6-11/h11H,3-8H2,1-2H3,(H,20,24)(H,21,26). The first-order valence-corrected chi connectivity index (χ1v) is 8.60. The van der Waals surface area contributed by atoms with Gasteiger partial charge in [-0.1, -0.05) is 12.8 Å². The zero-order chi connectivity index (χ0) is 18.9. The van der Waals surface area contributed by atoms with Crippen molar-refractivity contribution in [3.63, 3.8) is 0 Å². The van der Waals surface area contributed by atoms with E-state index in [2.05, 4.69) is 25.9 Å². The van der Waals surface area contributed by atoms with Crippen molar-refractivity contribution in [2.45, 2.75) is 58.2 Å². The highest BCUT2D eigenvalue weighted by Gasteiger charge is 2.38. The molecule has 1 fully saturated rings. The van der Waals surface area contributed by atoms with Crippen molar-refractivity contribution < 1.29 is 18.0 Å². The van der Waals surface area contributed by atoms with E-state index in [0.717, 1.165) is 25.7 Å². The molecule has 2 N–H and O–H groups in total. The summed E-state index contributed by atoms with van der Waals surface area (Å²) >= 11 is 0. The topological polar surface area (TPSA) is 84.2 Å². The molecule has 0 atom stereocenters. The quantitative estimate of drug-likeness (QED) is 0.845. The summed E-state index contributed by atoms with van der Waals surface area (Å²) in [5, 5.41) is 16.7. The predicted molar refractivity (Wildman–Crippen MR) is 88.8 cm³/mol. The van der Waals surface area contributed by atoms with Crippen LogP contribution < -0.4 is 10.6 Å². The van der Waals surface area contributed by atoms with Crippen LogP contribution in [0.1, 0.15) is 49.1 Å². The lowest BCUT2D eigenvalue weighted by atomic mass is 10.2. The van der Waals surface area contributed by atoms with Gasteiger partial charge in [-0.25, -0.2) is 0 Å². The Kier molecular flexibility index (Phi) is 5.01. The molecule has 0 spiro atoms. The number of hydrogen-bond donors (Lipinski definition) is 2. The maximum atomic E-state index is 13.0. The highest BCUT2D eigenvalue weighted by molar-refractivity contribution is 5.76. The minimum atomic E-state index is -4.65. The molecule has 2 heterocycles. The number of nitrogens with zero attached hydrogens (tertiary/aromatic N) is 4. The van der Waals surface area contributed by atoms with Crippen molar-refractivity contribution >= 4 is 17.4 Å². The van der Waals surface area contributed by atoms with Gasteiger partial charge in [0, 0.05) is 24.6 Å². The Hall–Kier alpha value is -2.39. The Bertz CT molecular complexity index is 810. The van der Waals surface area contributed by atoms with Crippen LogP contribution in [0.5, 0.6) is 0 Å². The van der Waals surface area contributed by atoms with Crippen molar-refractivity contribution in [3.8, 4) is 0 Å². The van der Waals surface area contributed by atoms with Gasteiger partial charge in [0.15, 0.2) is 5.65 Å². The third-order valence-electron chi connectivity index (χ3n) is 4.71. The Morgan fingerprint density at radius 2 is 1.88 bits per heavy atom. The molecule has 1 amide bonds. The van der Waals surface area contributed by atoms with E-state index in [1.54, 1.807) is 13.8 Å². The van der Waals surface area contributed by atoms with Crippen LogP contribution in [0.4, 0.5) is 19.0 Å². The summed E-state index contributed by atoms with van der Waals surface area (Å²) in [5.74, 6) is -0.952. The summed E-state index contributed by atoms with van der Waals surface area (Å²) in [6.07, 6.45) is -0.152. The van der Waals surface area contributed by atoms with Gasteiger partial charge in [-0.3, -0.25) is 4.79 Å². The number of aromatic nitrogens is 4. The first kappa shape index (κ1) is 18.4. The summed E-state index contributed by atoms with van der Waals surface area (Å²) in [4.78, 5) is 12.0. The predicted octanol–water partition coefficient (Wildman–Crippen LogP) is 2.62. The van der Waals surface area contributed by atoms with Gasteiger partial charge in [-0.2, -0.15) is 17.7 Å². The van der Waals surface area contributed by atoms with E-state index >= 15 is 0 Å². The number of fused-ring (bicyclic) bond motifs is 1. The summed E-state index contributed by atoms with van der Waals surface area (Å²) in [7, 11) is 0. The Morgan fingerprint density at radius 3 is 2.54 bits per heavy atom. The molecule has 2 aromatic rings. The Balaban J connectivity index is 1.71. The molecule has 3 rings (SSSR count). The van der Waals surface area contributed by atoms with Gasteiger partial charge in [0.2, 0.25) is 5.91 Å². The third kappa shape index (κ3) is 3.73. The number of halogens is 3. The van der Waals surface area contributed by atoms with Gasteiger partial charge >= 0.3 is 6.18 Å². The second-order valence-electron chi connectivity index (χ2n) is 6.58. The van der Waals surface area contributed by atoms with Crippen LogP contribution in [-0.4, -0.2) is 38.3 Å². The van der Waals surface area contributed by atoms with Crippen LogP contribution in [0.3, 0.4) is 0 Å². The monoisotopic (exact) mass is 370 g/mol. The maximum absolute atomic E-state index is 13.0. The molecule has 0 aromatic carbocycles. The normalized spacial score (nSPS) is 15.6. The lowest BCUT2D eigenvalue weighted by Gasteiger charge is -2.14. The average Bonchev–Trinajstić information content (AvgIpc) is 3.20. The molecule has 0 saturated heterocycles. The minimum Gasteiger partial charge on any atom is -0.368 e. The number of hydrogen-bond acceptors (Lipinski definition) is 5. The number of anilines is 1. The van der Waals surface area contributed by atoms with Crippen LogP contribution in [0.15, 0.2) is 0 Å². The van der Waals surface area contributed by atoms with Crippen molar-refractivity contribution in [2.24, 2.45) is 0 Å². The molecule has 1 saturated carbocycles. The molecule has 0 radical (unpaired) electrons. The molecule has 0 unspecified atom stereocenters. The number of alkyl halides is 3. The van der Waals surface area contributed by atoms with Gasteiger partial charge in [-0.15, -0.1) is 15.3 Å². The first-order valence-electron chi connectivity index (χ1n) is 8.60. The molecule has 7 nitrogen and oxygen atoms in total. The second kappa shape index (κ2) is 7.08. The lowest BCUT2D eigenvalue weighted by molar-refractivity contribution is -0.146. The number of aryl methyl sites for hydroxylation is 1. The summed E-state index contributed by atoms with van der Waals surface area (Å²) in [5.41, 5.74) is 1.30. The van der Waals surface area contributed by atoms with Crippen LogP contribution in [0.2, 0.25) is 0 Å². The molecule has 142 valence electrons. The number of carbonyl (C=O) groups is 1. The second-order valence-corrected chi connectivity index (χ2v) is 6.58. The zero-order valence-corrected chi connectivity index (χ0v) is 14.7. The number of rotatable bonds is 5. The van der Waals surface area contributed by atoms with Crippen LogP contribution >= 0.6 is 0 Å². The lowest BCUT2D eigenvalue weighted by Crippen LogP contribution is -2.33. The van der Waals surface area contributed by atoms with Crippen molar-refractivity contribution in [2.75, 3.05) is 11.9 Å². The van der Waals surface area contributed by atoms with Gasteiger partial charge < -0.3 is 10.6 Å². The van der Waals surface area contributed by atoms with E-state index in [-0.39, 0.29) is 36.4 Å². The van der Waals surface area contributed by atoms with Gasteiger partial charge in [0.1, 0.15) is 5.82 Å². The van der Waals surface area contributed by atoms with E-state index < -0.39 is 12.0 Å². The van der Waals surface area contributed by atoms with Crippen LogP contribution in [0, 0.1) is 13.8 Å². The highest BCUT2D eigenvalue weighted by atomic mass is 19.4. The Morgan fingerprint density at radius 1 is 1.19 bits per heavy atom. The van der Waals surface area contributed by atoms with E-state index in [1.807, 2.05) is 0 Å². The van der Waals surface area contributed by atoms with Crippen LogP contribution in [0.25, 0.3) is 5.65 Å². The van der Waals surface area contributed by atoms with Crippen molar-refractivity contribution in [1.29, 1.82) is 0 Å². The summed E-state index contributed by atoms with van der Waals surface area (Å²) in [6, 6.07) is 0.243. The largest absolute Gasteiger partial charge is 0.453 e. The van der Waals surface area contributed by atoms with Gasteiger partial charge in [-0.05, 0) is 32.3 Å². The zero-order valence-electron chi connectivity index (χ0n) is 14.7. The Labute approximate surface area is 148 Å². The first-order chi connectivity index (χ1) is 12.3. The van der Waals surface area contributed by atoms with E-state index in [0.29, 0.717) is 15.6 Å². The fourth-order valence-electron chi connectivity index (χ4n) is 3.14. The molecule has 2 aromatic heterocycles. The van der Waals surface area contributed by atoms with Crippen molar-refractivity contribution in [1.82, 2.24) is 25.1 Å². The highest BCUT2D eigenvalue weighted by Crippen LogP contribution is 2.29. The maximum Gasteiger partial charge on any atom is 0.453 e. The fraction of sp³-hybridized carbons (Fsp3) is 0.625. The molecular weight excluding hydrogens is 349 g/mol. The molecule has 0 aliphatic heterocycles. The number of nitrogens with one attached hydrogen (secondary N) is 2. The van der Waals surface area contributed by atoms with Gasteiger partial charge in [0.05, 0.1) is 0 Å². The molecule has 1 aliphatic rings. The van der Waals surface area contributed by atoms with E-state index in [9.17, 15) is 18.0 Å². The molecule has 1 aliphatic carbocycles. The van der Waals surface area contributed by atoms with E-state index in [4.69, 9.17) is 0 Å². The van der Waals surface area contributed by atoms with Crippen LogP contribution in [-0.2, 0) is 11.0 Å². The van der Waals surface area contributed by atoms with E-state index in [1.165, 1.54) is 0 Å². The molecule has 10 heteroatoms. The molecule has 26 heavy (non-hydrogen) atoms. The minimum absolute atomic E-state index is 0.0688. The number of carbonyl (C=O) groups excluding carboxylic acids is 1. The van der Waals surface area contributed by atoms with Crippen molar-refractivity contribution in [3.05, 3.63) is 17.0 Å². The average molecular weight is 370 g/mol. The summed E-state index contributed by atoms with van der Waals surface area (Å²) < 4.78 is 39.8. The SMILES string of the molecule is Cc1c(NCCC(=O)NC2CCCC2)nn2c(C(F)(F)F)nnc2c1C.